The lowest BCUT2D eigenvalue weighted by atomic mass is 9.90. The van der Waals surface area contributed by atoms with E-state index in [1.807, 2.05) is 18.5 Å². The second kappa shape index (κ2) is 7.73. The third-order valence-corrected chi connectivity index (χ3v) is 4.93. The highest BCUT2D eigenvalue weighted by Crippen LogP contribution is 2.24. The monoisotopic (exact) mass is 302 g/mol. The second-order valence-electron chi connectivity index (χ2n) is 6.68. The van der Waals surface area contributed by atoms with Crippen molar-refractivity contribution in [2.24, 2.45) is 11.8 Å². The maximum atomic E-state index is 12.4. The van der Waals surface area contributed by atoms with E-state index in [0.717, 1.165) is 58.4 Å². The normalized spacial score (nSPS) is 23.5. The zero-order chi connectivity index (χ0) is 15.2. The molecule has 1 amide bonds. The van der Waals surface area contributed by atoms with Gasteiger partial charge < -0.3 is 9.64 Å². The largest absolute Gasteiger partial charge is 0.381 e. The maximum Gasteiger partial charge on any atom is 0.222 e. The van der Waals surface area contributed by atoms with E-state index in [9.17, 15) is 4.79 Å². The molecule has 4 heteroatoms. The van der Waals surface area contributed by atoms with E-state index in [1.54, 1.807) is 0 Å². The van der Waals surface area contributed by atoms with Crippen molar-refractivity contribution in [3.63, 3.8) is 0 Å². The summed E-state index contributed by atoms with van der Waals surface area (Å²) in [7, 11) is 0. The first kappa shape index (κ1) is 15.5. The van der Waals surface area contributed by atoms with E-state index in [2.05, 4.69) is 16.0 Å². The van der Waals surface area contributed by atoms with Crippen LogP contribution in [0.5, 0.6) is 0 Å². The van der Waals surface area contributed by atoms with Crippen LogP contribution in [0.2, 0.25) is 0 Å². The minimum Gasteiger partial charge on any atom is -0.381 e. The molecule has 0 unspecified atom stereocenters. The Balaban J connectivity index is 1.42. The van der Waals surface area contributed by atoms with Crippen molar-refractivity contribution in [3.05, 3.63) is 30.1 Å². The number of ether oxygens (including phenoxy) is 1. The van der Waals surface area contributed by atoms with Crippen molar-refractivity contribution in [2.75, 3.05) is 26.3 Å². The maximum absolute atomic E-state index is 12.4. The summed E-state index contributed by atoms with van der Waals surface area (Å²) in [6, 6.07) is 4.15. The molecule has 2 aliphatic rings. The standard InChI is InChI=1S/C18H26N2O2/c21-18(12-17-4-2-10-22-14-17)20-8-5-15(6-9-20)11-16-3-1-7-19-13-16/h1,3,7,13,15,17H,2,4-6,8-12,14H2/t17-/m0/s1. The minimum atomic E-state index is 0.329. The SMILES string of the molecule is O=C(C[C@@H]1CCCOC1)N1CCC(Cc2cccnc2)CC1. The quantitative estimate of drug-likeness (QED) is 0.859. The van der Waals surface area contributed by atoms with Crippen LogP contribution in [0.25, 0.3) is 0 Å². The minimum absolute atomic E-state index is 0.329. The van der Waals surface area contributed by atoms with Crippen LogP contribution < -0.4 is 0 Å². The Kier molecular flexibility index (Phi) is 5.43. The van der Waals surface area contributed by atoms with Gasteiger partial charge in [-0.15, -0.1) is 0 Å². The van der Waals surface area contributed by atoms with Crippen molar-refractivity contribution < 1.29 is 9.53 Å². The van der Waals surface area contributed by atoms with Gasteiger partial charge in [0.25, 0.3) is 0 Å². The number of amides is 1. The van der Waals surface area contributed by atoms with Crippen LogP contribution >= 0.6 is 0 Å². The van der Waals surface area contributed by atoms with Crippen LogP contribution in [0.15, 0.2) is 24.5 Å². The lowest BCUT2D eigenvalue weighted by Crippen LogP contribution is -2.40. The third kappa shape index (κ3) is 4.29. The zero-order valence-corrected chi connectivity index (χ0v) is 13.2. The molecule has 0 saturated carbocycles. The fourth-order valence-electron chi connectivity index (χ4n) is 3.58. The molecule has 0 spiro atoms. The van der Waals surface area contributed by atoms with Crippen LogP contribution in [-0.2, 0) is 16.0 Å². The smallest absolute Gasteiger partial charge is 0.222 e. The Morgan fingerprint density at radius 3 is 2.82 bits per heavy atom. The van der Waals surface area contributed by atoms with E-state index in [0.29, 0.717) is 24.2 Å². The number of pyridine rings is 1. The Morgan fingerprint density at radius 2 is 2.14 bits per heavy atom. The number of rotatable bonds is 4. The van der Waals surface area contributed by atoms with Gasteiger partial charge >= 0.3 is 0 Å². The molecule has 4 nitrogen and oxygen atoms in total. The Hall–Kier alpha value is -1.42. The molecule has 2 saturated heterocycles. The van der Waals surface area contributed by atoms with Crippen LogP contribution in [-0.4, -0.2) is 42.1 Å². The van der Waals surface area contributed by atoms with E-state index in [1.165, 1.54) is 5.56 Å². The lowest BCUT2D eigenvalue weighted by Gasteiger charge is -2.33. The van der Waals surface area contributed by atoms with Crippen LogP contribution in [0.4, 0.5) is 0 Å². The van der Waals surface area contributed by atoms with Gasteiger partial charge in [0.1, 0.15) is 0 Å². The number of hydrogen-bond donors (Lipinski definition) is 0. The number of aromatic nitrogens is 1. The van der Waals surface area contributed by atoms with Gasteiger partial charge in [0.2, 0.25) is 5.91 Å². The van der Waals surface area contributed by atoms with Crippen molar-refractivity contribution in [1.82, 2.24) is 9.88 Å². The molecule has 1 atom stereocenters. The highest BCUT2D eigenvalue weighted by Gasteiger charge is 2.25. The molecule has 1 aromatic heterocycles. The van der Waals surface area contributed by atoms with E-state index in [4.69, 9.17) is 4.74 Å². The average Bonchev–Trinajstić information content (AvgIpc) is 2.57. The fraction of sp³-hybridized carbons (Fsp3) is 0.667. The summed E-state index contributed by atoms with van der Waals surface area (Å²) < 4.78 is 5.48. The summed E-state index contributed by atoms with van der Waals surface area (Å²) in [5.41, 5.74) is 1.31. The highest BCUT2D eigenvalue weighted by molar-refractivity contribution is 5.76. The Bertz CT molecular complexity index is 463. The van der Waals surface area contributed by atoms with Gasteiger partial charge in [0.05, 0.1) is 0 Å². The molecule has 0 bridgehead atoms. The summed E-state index contributed by atoms with van der Waals surface area (Å²) in [6.07, 6.45) is 10.0. The summed E-state index contributed by atoms with van der Waals surface area (Å²) >= 11 is 0. The van der Waals surface area contributed by atoms with E-state index < -0.39 is 0 Å². The number of likely N-dealkylation sites (tertiary alicyclic amines) is 1. The lowest BCUT2D eigenvalue weighted by molar-refractivity contribution is -0.134. The van der Waals surface area contributed by atoms with Crippen molar-refractivity contribution in [2.45, 2.75) is 38.5 Å². The van der Waals surface area contributed by atoms with Gasteiger partial charge in [-0.05, 0) is 55.6 Å². The molecule has 3 rings (SSSR count). The number of nitrogens with zero attached hydrogens (tertiary/aromatic N) is 2. The summed E-state index contributed by atoms with van der Waals surface area (Å²) in [5, 5.41) is 0. The summed E-state index contributed by atoms with van der Waals surface area (Å²) in [6.45, 7) is 3.46. The molecular formula is C18H26N2O2. The molecule has 0 N–H and O–H groups in total. The topological polar surface area (TPSA) is 42.4 Å². The van der Waals surface area contributed by atoms with Gasteiger partial charge in [0, 0.05) is 45.1 Å². The fourth-order valence-corrected chi connectivity index (χ4v) is 3.58. The molecule has 2 aliphatic heterocycles. The molecule has 22 heavy (non-hydrogen) atoms. The van der Waals surface area contributed by atoms with Gasteiger partial charge in [0.15, 0.2) is 0 Å². The molecule has 120 valence electrons. The first-order valence-corrected chi connectivity index (χ1v) is 8.55. The zero-order valence-electron chi connectivity index (χ0n) is 13.2. The van der Waals surface area contributed by atoms with Crippen molar-refractivity contribution in [1.29, 1.82) is 0 Å². The molecule has 2 fully saturated rings. The van der Waals surface area contributed by atoms with E-state index >= 15 is 0 Å². The van der Waals surface area contributed by atoms with Crippen LogP contribution in [0.1, 0.15) is 37.7 Å². The molecule has 0 aromatic carbocycles. The predicted octanol–water partition coefficient (Wildman–Crippen LogP) is 2.68. The van der Waals surface area contributed by atoms with Crippen LogP contribution in [0, 0.1) is 11.8 Å². The number of carbonyl (C=O) groups excluding carboxylic acids is 1. The summed E-state index contributed by atoms with van der Waals surface area (Å²) in [5.74, 6) is 1.45. The molecule has 0 aliphatic carbocycles. The van der Waals surface area contributed by atoms with Crippen molar-refractivity contribution >= 4 is 5.91 Å². The number of piperidine rings is 1. The van der Waals surface area contributed by atoms with Gasteiger partial charge in [-0.1, -0.05) is 6.07 Å². The Labute approximate surface area is 132 Å². The number of hydrogen-bond acceptors (Lipinski definition) is 3. The molecule has 1 aromatic rings. The highest BCUT2D eigenvalue weighted by atomic mass is 16.5. The van der Waals surface area contributed by atoms with Gasteiger partial charge in [-0.2, -0.15) is 0 Å². The third-order valence-electron chi connectivity index (χ3n) is 4.93. The van der Waals surface area contributed by atoms with E-state index in [-0.39, 0.29) is 0 Å². The van der Waals surface area contributed by atoms with Crippen LogP contribution in [0.3, 0.4) is 0 Å². The first-order valence-electron chi connectivity index (χ1n) is 8.55. The van der Waals surface area contributed by atoms with Gasteiger partial charge in [-0.3, -0.25) is 9.78 Å². The molecule has 0 radical (unpaired) electrons. The van der Waals surface area contributed by atoms with Gasteiger partial charge in [-0.25, -0.2) is 0 Å². The Morgan fingerprint density at radius 1 is 1.27 bits per heavy atom. The number of carbonyl (C=O) groups is 1. The summed E-state index contributed by atoms with van der Waals surface area (Å²) in [4.78, 5) is 18.6. The first-order chi connectivity index (χ1) is 10.8. The molecular weight excluding hydrogens is 276 g/mol. The predicted molar refractivity (Wildman–Crippen MR) is 85.4 cm³/mol. The average molecular weight is 302 g/mol. The second-order valence-corrected chi connectivity index (χ2v) is 6.68. The molecule has 3 heterocycles. The van der Waals surface area contributed by atoms with Crippen molar-refractivity contribution in [3.8, 4) is 0 Å².